The van der Waals surface area contributed by atoms with E-state index in [-0.39, 0.29) is 0 Å². The van der Waals surface area contributed by atoms with Crippen molar-refractivity contribution in [1.29, 1.82) is 5.26 Å². The number of benzene rings is 1. The molecular weight excluding hydrogens is 222 g/mol. The Morgan fingerprint density at radius 1 is 1.28 bits per heavy atom. The third kappa shape index (κ3) is 1.77. The molecular formula is C15H19N3. The van der Waals surface area contributed by atoms with E-state index in [1.807, 2.05) is 12.1 Å². The van der Waals surface area contributed by atoms with Crippen LogP contribution in [-0.4, -0.2) is 18.1 Å². The van der Waals surface area contributed by atoms with Crippen molar-refractivity contribution in [2.45, 2.75) is 50.7 Å². The zero-order chi connectivity index (χ0) is 12.7. The zero-order valence-electron chi connectivity index (χ0n) is 10.8. The lowest BCUT2D eigenvalue weighted by Crippen LogP contribution is -2.47. The fraction of sp³-hybridized carbons (Fsp3) is 0.533. The van der Waals surface area contributed by atoms with E-state index in [1.54, 1.807) is 0 Å². The first kappa shape index (κ1) is 11.6. The molecule has 0 radical (unpaired) electrons. The Kier molecular flexibility index (Phi) is 2.76. The molecule has 3 rings (SSSR count). The Labute approximate surface area is 108 Å². The summed E-state index contributed by atoms with van der Waals surface area (Å²) in [4.78, 5) is 2.56. The highest BCUT2D eigenvalue weighted by Crippen LogP contribution is 2.40. The molecule has 2 aliphatic rings. The molecule has 0 aliphatic carbocycles. The van der Waals surface area contributed by atoms with Crippen LogP contribution < -0.4 is 10.6 Å². The lowest BCUT2D eigenvalue weighted by molar-refractivity contribution is 0.414. The number of hydrogen-bond acceptors (Lipinski definition) is 3. The van der Waals surface area contributed by atoms with Gasteiger partial charge in [-0.1, -0.05) is 0 Å². The first-order valence-electron chi connectivity index (χ1n) is 6.73. The fourth-order valence-corrected chi connectivity index (χ4v) is 3.63. The van der Waals surface area contributed by atoms with Crippen LogP contribution in [0.5, 0.6) is 0 Å². The van der Waals surface area contributed by atoms with E-state index in [4.69, 9.17) is 11.0 Å². The minimum Gasteiger partial charge on any atom is -0.365 e. The second-order valence-corrected chi connectivity index (χ2v) is 5.64. The van der Waals surface area contributed by atoms with Crippen molar-refractivity contribution >= 4 is 5.69 Å². The van der Waals surface area contributed by atoms with E-state index in [0.717, 1.165) is 18.4 Å². The third-order valence-electron chi connectivity index (χ3n) is 4.37. The molecule has 94 valence electrons. The lowest BCUT2D eigenvalue weighted by Gasteiger charge is -2.40. The highest BCUT2D eigenvalue weighted by molar-refractivity contribution is 5.58. The highest BCUT2D eigenvalue weighted by atomic mass is 15.2. The third-order valence-corrected chi connectivity index (χ3v) is 4.37. The van der Waals surface area contributed by atoms with Crippen molar-refractivity contribution < 1.29 is 0 Å². The molecule has 3 heteroatoms. The summed E-state index contributed by atoms with van der Waals surface area (Å²) in [5.41, 5.74) is 9.37. The van der Waals surface area contributed by atoms with Gasteiger partial charge in [-0.3, -0.25) is 0 Å². The van der Waals surface area contributed by atoms with E-state index in [0.29, 0.717) is 18.1 Å². The normalized spacial score (nSPS) is 30.3. The number of aryl methyl sites for hydroxylation is 1. The number of nitriles is 1. The molecule has 0 spiro atoms. The van der Waals surface area contributed by atoms with E-state index < -0.39 is 0 Å². The molecule has 0 amide bonds. The van der Waals surface area contributed by atoms with Gasteiger partial charge in [0.25, 0.3) is 0 Å². The van der Waals surface area contributed by atoms with E-state index in [1.165, 1.54) is 24.1 Å². The van der Waals surface area contributed by atoms with Crippen LogP contribution in [0.4, 0.5) is 5.69 Å². The minimum absolute atomic E-state index is 0.373. The number of rotatable bonds is 1. The van der Waals surface area contributed by atoms with Crippen molar-refractivity contribution in [2.75, 3.05) is 4.90 Å². The molecule has 3 nitrogen and oxygen atoms in total. The number of hydrogen-bond donors (Lipinski definition) is 1. The van der Waals surface area contributed by atoms with Crippen LogP contribution >= 0.6 is 0 Å². The predicted octanol–water partition coefficient (Wildman–Crippen LogP) is 2.33. The quantitative estimate of drug-likeness (QED) is 0.821. The van der Waals surface area contributed by atoms with Crippen LogP contribution in [-0.2, 0) is 0 Å². The maximum absolute atomic E-state index is 8.93. The van der Waals surface area contributed by atoms with Gasteiger partial charge in [0, 0.05) is 23.8 Å². The zero-order valence-corrected chi connectivity index (χ0v) is 10.8. The monoisotopic (exact) mass is 241 g/mol. The highest BCUT2D eigenvalue weighted by Gasteiger charge is 2.39. The van der Waals surface area contributed by atoms with Gasteiger partial charge in [0.2, 0.25) is 0 Å². The van der Waals surface area contributed by atoms with Gasteiger partial charge in [0.1, 0.15) is 0 Å². The van der Waals surface area contributed by atoms with E-state index >= 15 is 0 Å². The van der Waals surface area contributed by atoms with E-state index in [9.17, 15) is 0 Å². The lowest BCUT2D eigenvalue weighted by atomic mass is 9.96. The summed E-state index contributed by atoms with van der Waals surface area (Å²) in [5, 5.41) is 8.93. The van der Waals surface area contributed by atoms with Crippen LogP contribution in [0.25, 0.3) is 0 Å². The molecule has 2 bridgehead atoms. The van der Waals surface area contributed by atoms with Gasteiger partial charge in [-0.25, -0.2) is 0 Å². The van der Waals surface area contributed by atoms with Crippen LogP contribution in [0.3, 0.4) is 0 Å². The summed E-state index contributed by atoms with van der Waals surface area (Å²) in [6.07, 6.45) is 4.74. The molecule has 2 aliphatic heterocycles. The van der Waals surface area contributed by atoms with Gasteiger partial charge in [0.05, 0.1) is 11.6 Å². The molecule has 0 saturated carbocycles. The average molecular weight is 241 g/mol. The first-order valence-corrected chi connectivity index (χ1v) is 6.73. The Bertz CT molecular complexity index is 489. The smallest absolute Gasteiger partial charge is 0.0991 e. The standard InChI is InChI=1S/C15H19N3/c1-10-6-11(9-16)2-5-15(10)18-13-3-4-14(18)8-12(17)7-13/h2,5-6,12-14H,3-4,7-8,17H2,1H3. The fourth-order valence-electron chi connectivity index (χ4n) is 3.63. The van der Waals surface area contributed by atoms with Crippen LogP contribution in [0.15, 0.2) is 18.2 Å². The van der Waals surface area contributed by atoms with Gasteiger partial charge < -0.3 is 10.6 Å². The SMILES string of the molecule is Cc1cc(C#N)ccc1N1C2CCC1CC(N)C2. The van der Waals surface area contributed by atoms with Gasteiger partial charge in [0.15, 0.2) is 0 Å². The molecule has 1 aromatic rings. The number of anilines is 1. The number of piperidine rings is 1. The molecule has 2 unspecified atom stereocenters. The molecule has 2 heterocycles. The Morgan fingerprint density at radius 2 is 1.94 bits per heavy atom. The second kappa shape index (κ2) is 4.29. The summed E-state index contributed by atoms with van der Waals surface area (Å²) in [7, 11) is 0. The molecule has 18 heavy (non-hydrogen) atoms. The molecule has 0 aromatic heterocycles. The molecule has 2 fully saturated rings. The van der Waals surface area contributed by atoms with Crippen molar-refractivity contribution in [3.8, 4) is 6.07 Å². The Hall–Kier alpha value is -1.53. The summed E-state index contributed by atoms with van der Waals surface area (Å²) in [6, 6.07) is 9.81. The first-order chi connectivity index (χ1) is 8.69. The van der Waals surface area contributed by atoms with Crippen molar-refractivity contribution in [2.24, 2.45) is 5.73 Å². The predicted molar refractivity (Wildman–Crippen MR) is 72.4 cm³/mol. The summed E-state index contributed by atoms with van der Waals surface area (Å²) in [6.45, 7) is 2.10. The van der Waals surface area contributed by atoms with Crippen LogP contribution in [0, 0.1) is 18.3 Å². The number of nitrogens with two attached hydrogens (primary N) is 1. The molecule has 2 atom stereocenters. The maximum Gasteiger partial charge on any atom is 0.0991 e. The van der Waals surface area contributed by atoms with Crippen LogP contribution in [0.1, 0.15) is 36.8 Å². The molecule has 2 saturated heterocycles. The Balaban J connectivity index is 1.94. The minimum atomic E-state index is 0.373. The number of nitrogens with zero attached hydrogens (tertiary/aromatic N) is 2. The average Bonchev–Trinajstić information content (AvgIpc) is 2.61. The topological polar surface area (TPSA) is 53.0 Å². The van der Waals surface area contributed by atoms with Gasteiger partial charge in [-0.15, -0.1) is 0 Å². The molecule has 2 N–H and O–H groups in total. The molecule has 1 aromatic carbocycles. The van der Waals surface area contributed by atoms with Crippen LogP contribution in [0.2, 0.25) is 0 Å². The number of fused-ring (bicyclic) bond motifs is 2. The Morgan fingerprint density at radius 3 is 2.50 bits per heavy atom. The maximum atomic E-state index is 8.93. The summed E-state index contributed by atoms with van der Waals surface area (Å²) < 4.78 is 0. The largest absolute Gasteiger partial charge is 0.365 e. The van der Waals surface area contributed by atoms with Crippen molar-refractivity contribution in [3.63, 3.8) is 0 Å². The van der Waals surface area contributed by atoms with Gasteiger partial charge in [-0.05, 0) is 56.4 Å². The van der Waals surface area contributed by atoms with Gasteiger partial charge >= 0.3 is 0 Å². The summed E-state index contributed by atoms with van der Waals surface area (Å²) >= 11 is 0. The second-order valence-electron chi connectivity index (χ2n) is 5.64. The summed E-state index contributed by atoms with van der Waals surface area (Å²) in [5.74, 6) is 0. The van der Waals surface area contributed by atoms with Crippen molar-refractivity contribution in [3.05, 3.63) is 29.3 Å². The van der Waals surface area contributed by atoms with E-state index in [2.05, 4.69) is 24.0 Å². The van der Waals surface area contributed by atoms with Gasteiger partial charge in [-0.2, -0.15) is 5.26 Å². The van der Waals surface area contributed by atoms with Crippen molar-refractivity contribution in [1.82, 2.24) is 0 Å².